The van der Waals surface area contributed by atoms with E-state index in [-0.39, 0.29) is 7.05 Å². The molecule has 0 spiro atoms. The van der Waals surface area contributed by atoms with Gasteiger partial charge in [0, 0.05) is 19.5 Å². The van der Waals surface area contributed by atoms with Crippen LogP contribution < -0.4 is 0 Å². The van der Waals surface area contributed by atoms with E-state index in [0.717, 1.165) is 0 Å². The number of rotatable bonds is 9. The smallest absolute Gasteiger partial charge is 0.391 e. The summed E-state index contributed by atoms with van der Waals surface area (Å²) in [6.45, 7) is -1.59. The van der Waals surface area contributed by atoms with Gasteiger partial charge in [-0.15, -0.1) is 11.6 Å². The molecule has 29 heavy (non-hydrogen) atoms. The lowest BCUT2D eigenvalue weighted by Crippen LogP contribution is -2.71. The average Bonchev–Trinajstić information content (AvgIpc) is 2.52. The number of hydrogen-bond acceptors (Lipinski definition) is 3. The van der Waals surface area contributed by atoms with Gasteiger partial charge in [-0.3, -0.25) is 0 Å². The molecule has 19 heteroatoms. The standard InChI is InChI=1S/C10H9ClF13NO3S/c1-25(3-4(26)2-11)29(27,28)10(23,24)8(18,19)6(14,15)5(12,13)7(16,17)9(20,21)22/h4,26H,2-3H2,1H3. The Kier molecular flexibility index (Phi) is 7.54. The molecule has 0 amide bonds. The molecule has 176 valence electrons. The molecule has 1 N–H and O–H groups in total. The van der Waals surface area contributed by atoms with Gasteiger partial charge in [-0.1, -0.05) is 0 Å². The van der Waals surface area contributed by atoms with Gasteiger partial charge in [0.25, 0.3) is 10.0 Å². The van der Waals surface area contributed by atoms with E-state index in [4.69, 9.17) is 16.7 Å². The predicted octanol–water partition coefficient (Wildman–Crippen LogP) is 3.54. The molecular formula is C10H9ClF13NO3S. The van der Waals surface area contributed by atoms with Crippen molar-refractivity contribution in [1.82, 2.24) is 4.31 Å². The number of aliphatic hydroxyl groups excluding tert-OH is 1. The molecule has 0 aromatic heterocycles. The molecule has 1 unspecified atom stereocenters. The Bertz CT molecular complexity index is 693. The molecule has 0 aromatic carbocycles. The van der Waals surface area contributed by atoms with Crippen LogP contribution in [0.1, 0.15) is 0 Å². The SMILES string of the molecule is CN(CC(O)CCl)S(=O)(=O)C(F)(F)C(F)(F)C(F)(F)C(F)(F)C(F)(F)C(F)(F)F. The summed E-state index contributed by atoms with van der Waals surface area (Å²) in [6.07, 6.45) is -9.68. The summed E-state index contributed by atoms with van der Waals surface area (Å²) in [6, 6.07) is 0. The van der Waals surface area contributed by atoms with Crippen LogP contribution >= 0.6 is 11.6 Å². The zero-order valence-corrected chi connectivity index (χ0v) is 15.0. The maximum atomic E-state index is 13.7. The van der Waals surface area contributed by atoms with Crippen molar-refractivity contribution in [3.05, 3.63) is 0 Å². The van der Waals surface area contributed by atoms with Crippen LogP contribution in [0.15, 0.2) is 0 Å². The van der Waals surface area contributed by atoms with Crippen molar-refractivity contribution in [2.24, 2.45) is 0 Å². The molecule has 0 fully saturated rings. The molecule has 0 aliphatic heterocycles. The fraction of sp³-hybridized carbons (Fsp3) is 1.00. The Morgan fingerprint density at radius 3 is 1.45 bits per heavy atom. The lowest BCUT2D eigenvalue weighted by molar-refractivity contribution is -0.433. The van der Waals surface area contributed by atoms with E-state index in [1.807, 2.05) is 0 Å². The van der Waals surface area contributed by atoms with Gasteiger partial charge in [-0.2, -0.15) is 61.4 Å². The highest BCUT2D eigenvalue weighted by Crippen LogP contribution is 2.61. The third-order valence-corrected chi connectivity index (χ3v) is 5.52. The maximum Gasteiger partial charge on any atom is 0.460 e. The largest absolute Gasteiger partial charge is 0.460 e. The van der Waals surface area contributed by atoms with Gasteiger partial charge in [-0.05, 0) is 0 Å². The molecule has 0 rings (SSSR count). The Morgan fingerprint density at radius 1 is 0.793 bits per heavy atom. The summed E-state index contributed by atoms with van der Waals surface area (Å²) in [5, 5.41) is 1.64. The highest BCUT2D eigenvalue weighted by molar-refractivity contribution is 7.90. The number of aliphatic hydroxyl groups is 1. The fourth-order valence-electron chi connectivity index (χ4n) is 1.56. The van der Waals surface area contributed by atoms with E-state index < -0.39 is 68.0 Å². The molecule has 0 saturated heterocycles. The number of halogens is 14. The second kappa shape index (κ2) is 7.74. The van der Waals surface area contributed by atoms with E-state index in [1.165, 1.54) is 0 Å². The predicted molar refractivity (Wildman–Crippen MR) is 69.1 cm³/mol. The summed E-state index contributed by atoms with van der Waals surface area (Å²) in [7, 11) is -7.18. The summed E-state index contributed by atoms with van der Waals surface area (Å²) >= 11 is 4.96. The monoisotopic (exact) mass is 505 g/mol. The van der Waals surface area contributed by atoms with Crippen molar-refractivity contribution in [2.75, 3.05) is 19.5 Å². The minimum Gasteiger partial charge on any atom is -0.391 e. The first kappa shape index (κ1) is 28.2. The van der Waals surface area contributed by atoms with Crippen molar-refractivity contribution in [3.63, 3.8) is 0 Å². The van der Waals surface area contributed by atoms with Crippen LogP contribution in [0.3, 0.4) is 0 Å². The molecule has 0 heterocycles. The number of likely N-dealkylation sites (N-methyl/N-ethyl adjacent to an activating group) is 1. The fourth-order valence-corrected chi connectivity index (χ4v) is 2.87. The van der Waals surface area contributed by atoms with E-state index in [0.29, 0.717) is 0 Å². The van der Waals surface area contributed by atoms with Gasteiger partial charge >= 0.3 is 35.1 Å². The van der Waals surface area contributed by atoms with Gasteiger partial charge in [0.05, 0.1) is 6.10 Å². The molecular weight excluding hydrogens is 497 g/mol. The van der Waals surface area contributed by atoms with Crippen LogP contribution in [-0.4, -0.2) is 78.5 Å². The highest BCUT2D eigenvalue weighted by atomic mass is 35.5. The van der Waals surface area contributed by atoms with Crippen LogP contribution in [-0.2, 0) is 10.0 Å². The number of hydrogen-bond donors (Lipinski definition) is 1. The van der Waals surface area contributed by atoms with Gasteiger partial charge < -0.3 is 5.11 Å². The van der Waals surface area contributed by atoms with Gasteiger partial charge in [0.2, 0.25) is 0 Å². The molecule has 0 radical (unpaired) electrons. The molecule has 0 bridgehead atoms. The van der Waals surface area contributed by atoms with Crippen LogP contribution in [0, 0.1) is 0 Å². The summed E-state index contributed by atoms with van der Waals surface area (Å²) in [5.41, 5.74) is 0. The Labute approximate surface area is 158 Å². The summed E-state index contributed by atoms with van der Waals surface area (Å²) < 4.78 is 190. The first-order valence-electron chi connectivity index (χ1n) is 6.53. The van der Waals surface area contributed by atoms with E-state index in [9.17, 15) is 65.5 Å². The molecule has 0 aliphatic rings. The highest BCUT2D eigenvalue weighted by Gasteiger charge is 2.92. The molecule has 0 saturated carbocycles. The van der Waals surface area contributed by atoms with Crippen molar-refractivity contribution < 1.29 is 70.6 Å². The summed E-state index contributed by atoms with van der Waals surface area (Å²) in [4.78, 5) is 0. The average molecular weight is 506 g/mol. The zero-order valence-electron chi connectivity index (χ0n) is 13.4. The molecule has 0 aliphatic carbocycles. The minimum atomic E-state index is -8.23. The Balaban J connectivity index is 6.51. The Morgan fingerprint density at radius 2 is 1.14 bits per heavy atom. The number of alkyl halides is 14. The molecule has 4 nitrogen and oxygen atoms in total. The van der Waals surface area contributed by atoms with Crippen LogP contribution in [0.5, 0.6) is 0 Å². The summed E-state index contributed by atoms with van der Waals surface area (Å²) in [5.74, 6) is -33.3. The van der Waals surface area contributed by atoms with Crippen molar-refractivity contribution >= 4 is 21.6 Å². The molecule has 1 atom stereocenters. The van der Waals surface area contributed by atoms with E-state index >= 15 is 0 Å². The van der Waals surface area contributed by atoms with Crippen LogP contribution in [0.25, 0.3) is 0 Å². The lowest BCUT2D eigenvalue weighted by atomic mass is 9.98. The van der Waals surface area contributed by atoms with Crippen molar-refractivity contribution in [2.45, 2.75) is 41.2 Å². The first-order valence-corrected chi connectivity index (χ1v) is 8.51. The second-order valence-electron chi connectivity index (χ2n) is 5.41. The first-order chi connectivity index (χ1) is 12.4. The van der Waals surface area contributed by atoms with Gasteiger partial charge in [-0.25, -0.2) is 8.42 Å². The number of sulfonamides is 1. The van der Waals surface area contributed by atoms with E-state index in [2.05, 4.69) is 0 Å². The third-order valence-electron chi connectivity index (χ3n) is 3.28. The third kappa shape index (κ3) is 4.08. The van der Waals surface area contributed by atoms with Crippen molar-refractivity contribution in [1.29, 1.82) is 0 Å². The maximum absolute atomic E-state index is 13.7. The van der Waals surface area contributed by atoms with Crippen LogP contribution in [0.4, 0.5) is 57.1 Å². The molecule has 0 aromatic rings. The minimum absolute atomic E-state index is 0.0459. The normalized spacial score (nSPS) is 17.0. The topological polar surface area (TPSA) is 57.6 Å². The van der Waals surface area contributed by atoms with Gasteiger partial charge in [0.1, 0.15) is 0 Å². The zero-order chi connectivity index (χ0) is 24.1. The number of nitrogens with zero attached hydrogens (tertiary/aromatic N) is 1. The quantitative estimate of drug-likeness (QED) is 0.385. The Hall–Kier alpha value is -0.750. The van der Waals surface area contributed by atoms with Crippen molar-refractivity contribution in [3.8, 4) is 0 Å². The van der Waals surface area contributed by atoms with E-state index in [1.54, 1.807) is 0 Å². The van der Waals surface area contributed by atoms with Gasteiger partial charge in [0.15, 0.2) is 0 Å². The second-order valence-corrected chi connectivity index (χ2v) is 7.80. The lowest BCUT2D eigenvalue weighted by Gasteiger charge is -2.40. The van der Waals surface area contributed by atoms with Crippen LogP contribution in [0.2, 0.25) is 0 Å².